The van der Waals surface area contributed by atoms with Gasteiger partial charge in [0.25, 0.3) is 0 Å². The Labute approximate surface area is 219 Å². The predicted octanol–water partition coefficient (Wildman–Crippen LogP) is 1.65. The van der Waals surface area contributed by atoms with Gasteiger partial charge in [-0.05, 0) is 36.8 Å². The minimum Gasteiger partial charge on any atom is -0.481 e. The van der Waals surface area contributed by atoms with Gasteiger partial charge in [-0.25, -0.2) is 26.5 Å². The van der Waals surface area contributed by atoms with Crippen LogP contribution in [0.25, 0.3) is 11.0 Å². The maximum absolute atomic E-state index is 13.1. The Balaban J connectivity index is 1.24. The number of hydrogen-bond acceptors (Lipinski definition) is 10. The molecule has 3 aromatic rings. The molecule has 1 amide bonds. The van der Waals surface area contributed by atoms with Crippen molar-refractivity contribution in [2.45, 2.75) is 21.5 Å². The lowest BCUT2D eigenvalue weighted by molar-refractivity contribution is -0.113. The zero-order valence-corrected chi connectivity index (χ0v) is 22.3. The zero-order chi connectivity index (χ0) is 26.2. The van der Waals surface area contributed by atoms with E-state index in [1.165, 1.54) is 31.0 Å². The Morgan fingerprint density at radius 2 is 2.03 bits per heavy atom. The van der Waals surface area contributed by atoms with E-state index in [1.54, 1.807) is 30.5 Å². The fourth-order valence-electron chi connectivity index (χ4n) is 4.40. The van der Waals surface area contributed by atoms with Crippen LogP contribution in [0.5, 0.6) is 5.88 Å². The van der Waals surface area contributed by atoms with Crippen LogP contribution in [0.1, 0.15) is 6.42 Å². The number of amides is 1. The minimum absolute atomic E-state index is 0.0361. The lowest BCUT2D eigenvalue weighted by Gasteiger charge is -2.20. The molecular formula is C23H25N5O6S3. The average molecular weight is 564 g/mol. The number of hydrogen-bond donors (Lipinski definition) is 2. The normalized spacial score (nSPS) is 18.0. The zero-order valence-electron chi connectivity index (χ0n) is 19.9. The van der Waals surface area contributed by atoms with E-state index in [4.69, 9.17) is 4.74 Å². The highest BCUT2D eigenvalue weighted by Crippen LogP contribution is 2.33. The number of pyridine rings is 2. The molecule has 1 unspecified atom stereocenters. The van der Waals surface area contributed by atoms with Crippen LogP contribution in [0.2, 0.25) is 0 Å². The Bertz CT molecular complexity index is 1580. The second-order valence-electron chi connectivity index (χ2n) is 8.67. The van der Waals surface area contributed by atoms with Gasteiger partial charge in [0.1, 0.15) is 5.52 Å². The number of anilines is 2. The molecule has 4 heterocycles. The van der Waals surface area contributed by atoms with E-state index >= 15 is 0 Å². The van der Waals surface area contributed by atoms with Crippen LogP contribution < -0.4 is 19.7 Å². The summed E-state index contributed by atoms with van der Waals surface area (Å²) in [6.45, 7) is 0.540. The van der Waals surface area contributed by atoms with Crippen LogP contribution in [-0.2, 0) is 24.7 Å². The molecule has 2 N–H and O–H groups in total. The van der Waals surface area contributed by atoms with Crippen LogP contribution in [0.4, 0.5) is 11.4 Å². The van der Waals surface area contributed by atoms with Crippen LogP contribution in [0.15, 0.2) is 52.4 Å². The molecule has 1 atom stereocenters. The smallest absolute Gasteiger partial charge is 0.240 e. The molecule has 2 aliphatic rings. The molecule has 2 aromatic heterocycles. The van der Waals surface area contributed by atoms with E-state index in [2.05, 4.69) is 20.0 Å². The lowest BCUT2D eigenvalue weighted by Crippen LogP contribution is -2.34. The number of aromatic nitrogens is 2. The van der Waals surface area contributed by atoms with E-state index in [0.29, 0.717) is 35.6 Å². The maximum atomic E-state index is 13.1. The summed E-state index contributed by atoms with van der Waals surface area (Å²) in [5.74, 6) is 0.185. The van der Waals surface area contributed by atoms with Crippen LogP contribution in [0.3, 0.4) is 0 Å². The van der Waals surface area contributed by atoms with Crippen molar-refractivity contribution in [2.75, 3.05) is 48.5 Å². The first-order valence-electron chi connectivity index (χ1n) is 11.5. The molecular weight excluding hydrogens is 538 g/mol. The van der Waals surface area contributed by atoms with Gasteiger partial charge in [0.2, 0.25) is 21.8 Å². The summed E-state index contributed by atoms with van der Waals surface area (Å²) in [6, 6.07) is 9.78. The molecule has 0 aliphatic carbocycles. The first-order valence-corrected chi connectivity index (χ1v) is 15.7. The molecule has 196 valence electrons. The fourth-order valence-corrected chi connectivity index (χ4v) is 7.97. The van der Waals surface area contributed by atoms with E-state index < -0.39 is 25.1 Å². The summed E-state index contributed by atoms with van der Waals surface area (Å²) in [7, 11) is -6.01. The number of carbonyl (C=O) groups excluding carboxylic acids is 1. The number of nitrogens with one attached hydrogen (secondary N) is 2. The number of sulfonamides is 1. The third-order valence-electron chi connectivity index (χ3n) is 6.31. The van der Waals surface area contributed by atoms with Crippen molar-refractivity contribution in [1.82, 2.24) is 14.7 Å². The van der Waals surface area contributed by atoms with Crippen molar-refractivity contribution in [3.63, 3.8) is 0 Å². The third-order valence-corrected chi connectivity index (χ3v) is 11.0. The Morgan fingerprint density at radius 1 is 1.19 bits per heavy atom. The number of fused-ring (bicyclic) bond motifs is 2. The quantitative estimate of drug-likeness (QED) is 0.415. The average Bonchev–Trinajstić information content (AvgIpc) is 3.38. The van der Waals surface area contributed by atoms with Crippen molar-refractivity contribution >= 4 is 59.9 Å². The summed E-state index contributed by atoms with van der Waals surface area (Å²) in [5.41, 5.74) is 2.52. The van der Waals surface area contributed by atoms with Crippen molar-refractivity contribution in [3.05, 3.63) is 42.6 Å². The van der Waals surface area contributed by atoms with Gasteiger partial charge >= 0.3 is 0 Å². The molecule has 1 fully saturated rings. The first kappa shape index (κ1) is 25.7. The predicted molar refractivity (Wildman–Crippen MR) is 141 cm³/mol. The molecule has 1 saturated heterocycles. The van der Waals surface area contributed by atoms with Gasteiger partial charge in [0.15, 0.2) is 9.84 Å². The Kier molecular flexibility index (Phi) is 7.00. The van der Waals surface area contributed by atoms with E-state index in [1.807, 2.05) is 4.90 Å². The lowest BCUT2D eigenvalue weighted by atomic mass is 10.2. The molecule has 0 spiro atoms. The molecule has 5 rings (SSSR count). The molecule has 1 aromatic carbocycles. The molecule has 11 nitrogen and oxygen atoms in total. The van der Waals surface area contributed by atoms with Crippen molar-refractivity contribution < 1.29 is 26.4 Å². The molecule has 0 bridgehead atoms. The number of rotatable bonds is 8. The van der Waals surface area contributed by atoms with E-state index in [0.717, 1.165) is 10.6 Å². The van der Waals surface area contributed by atoms with Gasteiger partial charge in [-0.15, -0.1) is 11.8 Å². The van der Waals surface area contributed by atoms with Gasteiger partial charge in [0, 0.05) is 36.8 Å². The fraction of sp³-hybridized carbons (Fsp3) is 0.348. The number of nitrogens with zero attached hydrogens (tertiary/aromatic N) is 3. The summed E-state index contributed by atoms with van der Waals surface area (Å²) >= 11 is 1.33. The standard InChI is InChI=1S/C23H25N5O6S3/c1-34-22-5-3-17-23(27-22)19(6-8-24-17)28-10-7-16(13-28)36(30,31)11-9-25-37(32,33)15-2-4-20-18(12-15)26-21(29)14-35-20/h2-6,8,12,16,25H,7,9-11,13-14H2,1H3,(H,26,29). The number of ether oxygens (including phenoxy) is 1. The van der Waals surface area contributed by atoms with Crippen molar-refractivity contribution in [3.8, 4) is 5.88 Å². The second kappa shape index (κ2) is 10.1. The Hall–Kier alpha value is -2.94. The summed E-state index contributed by atoms with van der Waals surface area (Å²) in [5, 5.41) is 2.02. The summed E-state index contributed by atoms with van der Waals surface area (Å²) in [4.78, 5) is 23.1. The van der Waals surface area contributed by atoms with Gasteiger partial charge in [-0.3, -0.25) is 9.78 Å². The largest absolute Gasteiger partial charge is 0.481 e. The van der Waals surface area contributed by atoms with E-state index in [9.17, 15) is 21.6 Å². The molecule has 37 heavy (non-hydrogen) atoms. The molecule has 2 aliphatic heterocycles. The van der Waals surface area contributed by atoms with Crippen molar-refractivity contribution in [1.29, 1.82) is 0 Å². The minimum atomic E-state index is -3.95. The highest BCUT2D eigenvalue weighted by atomic mass is 32.2. The van der Waals surface area contributed by atoms with Crippen LogP contribution in [-0.4, -0.2) is 76.2 Å². The molecule has 0 saturated carbocycles. The first-order chi connectivity index (χ1) is 17.7. The molecule has 14 heteroatoms. The van der Waals surface area contributed by atoms with Crippen LogP contribution in [0, 0.1) is 0 Å². The monoisotopic (exact) mass is 563 g/mol. The number of benzene rings is 1. The number of sulfone groups is 1. The summed E-state index contributed by atoms with van der Waals surface area (Å²) < 4.78 is 59.3. The van der Waals surface area contributed by atoms with Crippen molar-refractivity contribution in [2.24, 2.45) is 0 Å². The SMILES string of the molecule is COc1ccc2nccc(N3CCC(S(=O)(=O)CCNS(=O)(=O)c4ccc5c(c4)NC(=O)CS5)C3)c2n1. The van der Waals surface area contributed by atoms with Gasteiger partial charge < -0.3 is 15.0 Å². The number of methoxy groups -OCH3 is 1. The van der Waals surface area contributed by atoms with E-state index in [-0.39, 0.29) is 35.4 Å². The number of carbonyl (C=O) groups is 1. The third kappa shape index (κ3) is 5.37. The topological polar surface area (TPSA) is 148 Å². The van der Waals surface area contributed by atoms with Gasteiger partial charge in [-0.2, -0.15) is 0 Å². The summed E-state index contributed by atoms with van der Waals surface area (Å²) in [6.07, 6.45) is 2.08. The van der Waals surface area contributed by atoms with Gasteiger partial charge in [0.05, 0.1) is 45.7 Å². The highest BCUT2D eigenvalue weighted by molar-refractivity contribution is 8.00. The highest BCUT2D eigenvalue weighted by Gasteiger charge is 2.34. The second-order valence-corrected chi connectivity index (χ2v) is 13.9. The number of thioether (sulfide) groups is 1. The van der Waals surface area contributed by atoms with Crippen LogP contribution >= 0.6 is 11.8 Å². The molecule has 0 radical (unpaired) electrons. The Morgan fingerprint density at radius 3 is 2.84 bits per heavy atom. The van der Waals surface area contributed by atoms with Gasteiger partial charge in [-0.1, -0.05) is 0 Å². The maximum Gasteiger partial charge on any atom is 0.240 e.